The predicted molar refractivity (Wildman–Crippen MR) is 114 cm³/mol. The van der Waals surface area contributed by atoms with Gasteiger partial charge in [0.1, 0.15) is 10.7 Å². The quantitative estimate of drug-likeness (QED) is 0.714. The van der Waals surface area contributed by atoms with E-state index in [4.69, 9.17) is 11.6 Å². The van der Waals surface area contributed by atoms with Gasteiger partial charge in [-0.15, -0.1) is 11.3 Å². The van der Waals surface area contributed by atoms with Crippen LogP contribution in [0.5, 0.6) is 0 Å². The first kappa shape index (κ1) is 20.1. The summed E-state index contributed by atoms with van der Waals surface area (Å²) in [5, 5.41) is 0. The molecule has 6 nitrogen and oxygen atoms in total. The number of piperidine rings is 1. The smallest absolute Gasteiger partial charge is 0.244 e. The average Bonchev–Trinajstić information content (AvgIpc) is 3.14. The lowest BCUT2D eigenvalue weighted by Crippen LogP contribution is -2.46. The highest BCUT2D eigenvalue weighted by Gasteiger charge is 2.26. The monoisotopic (exact) mass is 440 g/mol. The van der Waals surface area contributed by atoms with Gasteiger partial charge in [0.05, 0.1) is 4.34 Å². The van der Waals surface area contributed by atoms with Gasteiger partial charge in [-0.2, -0.15) is 4.31 Å². The van der Waals surface area contributed by atoms with Crippen LogP contribution in [0.15, 0.2) is 35.4 Å². The van der Waals surface area contributed by atoms with E-state index >= 15 is 0 Å². The molecule has 0 unspecified atom stereocenters. The molecule has 4 rings (SSSR count). The zero-order chi connectivity index (χ0) is 19.6. The molecule has 0 N–H and O–H groups in total. The van der Waals surface area contributed by atoms with Gasteiger partial charge in [-0.3, -0.25) is 4.90 Å². The minimum atomic E-state index is -3.42. The first-order chi connectivity index (χ1) is 13.5. The summed E-state index contributed by atoms with van der Waals surface area (Å²) in [6.45, 7) is 5.80. The molecular formula is C19H25ClN4O2S2. The zero-order valence-electron chi connectivity index (χ0n) is 15.8. The molecule has 2 aromatic heterocycles. The molecule has 4 heterocycles. The molecule has 0 amide bonds. The Kier molecular flexibility index (Phi) is 6.22. The highest BCUT2D eigenvalue weighted by atomic mass is 35.5. The molecule has 0 aromatic carbocycles. The standard InChI is InChI=1S/C19H25ClN4O2S2/c20-18-6-4-16(27-18)15-22-10-12-23(13-11-22)19-7-5-17(14-21-19)28(25,26)24-8-2-1-3-9-24/h4-7,14H,1-3,8-13,15H2. The largest absolute Gasteiger partial charge is 0.354 e. The maximum atomic E-state index is 12.8. The molecule has 0 atom stereocenters. The van der Waals surface area contributed by atoms with Crippen molar-refractivity contribution in [1.82, 2.24) is 14.2 Å². The van der Waals surface area contributed by atoms with Crippen molar-refractivity contribution >= 4 is 38.8 Å². The Labute approximate surface area is 175 Å². The number of halogens is 1. The van der Waals surface area contributed by atoms with E-state index in [0.717, 1.165) is 62.1 Å². The fourth-order valence-corrected chi connectivity index (χ4v) is 6.35. The van der Waals surface area contributed by atoms with E-state index in [-0.39, 0.29) is 0 Å². The molecule has 0 spiro atoms. The Morgan fingerprint density at radius 2 is 1.71 bits per heavy atom. The molecule has 2 aliphatic rings. The van der Waals surface area contributed by atoms with Crippen LogP contribution in [0.3, 0.4) is 0 Å². The van der Waals surface area contributed by atoms with Crippen LogP contribution in [-0.4, -0.2) is 61.9 Å². The minimum absolute atomic E-state index is 0.298. The van der Waals surface area contributed by atoms with Crippen molar-refractivity contribution < 1.29 is 8.42 Å². The van der Waals surface area contributed by atoms with Crippen molar-refractivity contribution in [2.75, 3.05) is 44.2 Å². The summed E-state index contributed by atoms with van der Waals surface area (Å²) in [5.41, 5.74) is 0. The van der Waals surface area contributed by atoms with Gasteiger partial charge in [-0.05, 0) is 37.1 Å². The third-order valence-corrected chi connectivity index (χ3v) is 8.48. The second kappa shape index (κ2) is 8.67. The van der Waals surface area contributed by atoms with Crippen LogP contribution in [0.25, 0.3) is 0 Å². The van der Waals surface area contributed by atoms with E-state index in [2.05, 4.69) is 20.9 Å². The molecule has 0 bridgehead atoms. The Morgan fingerprint density at radius 3 is 2.32 bits per heavy atom. The average molecular weight is 441 g/mol. The number of pyridine rings is 1. The molecular weight excluding hydrogens is 416 g/mol. The summed E-state index contributed by atoms with van der Waals surface area (Å²) in [6.07, 6.45) is 4.49. The molecule has 2 fully saturated rings. The van der Waals surface area contributed by atoms with Crippen molar-refractivity contribution in [3.63, 3.8) is 0 Å². The Balaban J connectivity index is 1.35. The van der Waals surface area contributed by atoms with Gasteiger partial charge >= 0.3 is 0 Å². The van der Waals surface area contributed by atoms with Crippen LogP contribution in [-0.2, 0) is 16.6 Å². The summed E-state index contributed by atoms with van der Waals surface area (Å²) < 4.78 is 27.9. The topological polar surface area (TPSA) is 56.8 Å². The summed E-state index contributed by atoms with van der Waals surface area (Å²) >= 11 is 7.64. The van der Waals surface area contributed by atoms with E-state index in [0.29, 0.717) is 18.0 Å². The Hall–Kier alpha value is -1.19. The lowest BCUT2D eigenvalue weighted by molar-refractivity contribution is 0.251. The van der Waals surface area contributed by atoms with Gasteiger partial charge in [0.2, 0.25) is 10.0 Å². The molecule has 2 saturated heterocycles. The molecule has 28 heavy (non-hydrogen) atoms. The summed E-state index contributed by atoms with van der Waals surface area (Å²) in [5.74, 6) is 0.844. The maximum Gasteiger partial charge on any atom is 0.244 e. The highest BCUT2D eigenvalue weighted by Crippen LogP contribution is 2.24. The number of hydrogen-bond donors (Lipinski definition) is 0. The maximum absolute atomic E-state index is 12.8. The number of anilines is 1. The molecule has 152 valence electrons. The third kappa shape index (κ3) is 4.52. The van der Waals surface area contributed by atoms with Crippen molar-refractivity contribution in [2.24, 2.45) is 0 Å². The van der Waals surface area contributed by atoms with Crippen molar-refractivity contribution in [1.29, 1.82) is 0 Å². The highest BCUT2D eigenvalue weighted by molar-refractivity contribution is 7.89. The van der Waals surface area contributed by atoms with E-state index in [1.165, 1.54) is 11.1 Å². The first-order valence-corrected chi connectivity index (χ1v) is 12.3. The van der Waals surface area contributed by atoms with Gasteiger partial charge in [-0.1, -0.05) is 18.0 Å². The molecule has 9 heteroatoms. The van der Waals surface area contributed by atoms with Crippen LogP contribution in [0.1, 0.15) is 24.1 Å². The fourth-order valence-electron chi connectivity index (χ4n) is 3.76. The molecule has 2 aliphatic heterocycles. The Bertz CT molecular complexity index is 887. The van der Waals surface area contributed by atoms with Gasteiger partial charge in [0, 0.05) is 56.9 Å². The zero-order valence-corrected chi connectivity index (χ0v) is 18.1. The van der Waals surface area contributed by atoms with Crippen LogP contribution in [0.2, 0.25) is 4.34 Å². The van der Waals surface area contributed by atoms with Gasteiger partial charge in [0.15, 0.2) is 0 Å². The number of hydrogen-bond acceptors (Lipinski definition) is 6. The van der Waals surface area contributed by atoms with Gasteiger partial charge in [-0.25, -0.2) is 13.4 Å². The molecule has 0 saturated carbocycles. The van der Waals surface area contributed by atoms with E-state index in [9.17, 15) is 8.42 Å². The number of aromatic nitrogens is 1. The predicted octanol–water partition coefficient (Wildman–Crippen LogP) is 3.29. The lowest BCUT2D eigenvalue weighted by Gasteiger charge is -2.35. The van der Waals surface area contributed by atoms with Crippen LogP contribution in [0.4, 0.5) is 5.82 Å². The van der Waals surface area contributed by atoms with Crippen molar-refractivity contribution in [2.45, 2.75) is 30.7 Å². The summed E-state index contributed by atoms with van der Waals surface area (Å²) in [4.78, 5) is 10.7. The normalized spacial score (nSPS) is 19.8. The minimum Gasteiger partial charge on any atom is -0.354 e. The molecule has 0 aliphatic carbocycles. The van der Waals surface area contributed by atoms with Crippen LogP contribution in [0, 0.1) is 0 Å². The first-order valence-electron chi connectivity index (χ1n) is 9.70. The van der Waals surface area contributed by atoms with Crippen LogP contribution < -0.4 is 4.90 Å². The van der Waals surface area contributed by atoms with Crippen molar-refractivity contribution in [3.8, 4) is 0 Å². The fraction of sp³-hybridized carbons (Fsp3) is 0.526. The lowest BCUT2D eigenvalue weighted by atomic mass is 10.2. The summed E-state index contributed by atoms with van der Waals surface area (Å²) in [7, 11) is -3.42. The second-order valence-electron chi connectivity index (χ2n) is 7.29. The number of rotatable bonds is 5. The number of nitrogens with zero attached hydrogens (tertiary/aromatic N) is 4. The van der Waals surface area contributed by atoms with Gasteiger partial charge < -0.3 is 4.90 Å². The Morgan fingerprint density at radius 1 is 0.964 bits per heavy atom. The van der Waals surface area contributed by atoms with E-state index in [1.54, 1.807) is 21.7 Å². The number of thiophene rings is 1. The third-order valence-electron chi connectivity index (χ3n) is 5.38. The molecule has 0 radical (unpaired) electrons. The second-order valence-corrected chi connectivity index (χ2v) is 11.0. The van der Waals surface area contributed by atoms with E-state index in [1.807, 2.05) is 12.1 Å². The van der Waals surface area contributed by atoms with Crippen molar-refractivity contribution in [3.05, 3.63) is 39.7 Å². The van der Waals surface area contributed by atoms with E-state index < -0.39 is 10.0 Å². The number of sulfonamides is 1. The molecule has 2 aromatic rings. The van der Waals surface area contributed by atoms with Crippen LogP contribution >= 0.6 is 22.9 Å². The SMILES string of the molecule is O=S(=O)(c1ccc(N2CCN(Cc3ccc(Cl)s3)CC2)nc1)N1CCCCC1. The van der Waals surface area contributed by atoms with Gasteiger partial charge in [0.25, 0.3) is 0 Å². The number of piperazine rings is 1. The summed E-state index contributed by atoms with van der Waals surface area (Å²) in [6, 6.07) is 7.57.